The molecule has 0 saturated carbocycles. The number of hydrogen-bond acceptors (Lipinski definition) is 0. The summed E-state index contributed by atoms with van der Waals surface area (Å²) in [5, 5.41) is 1.29. The van der Waals surface area contributed by atoms with E-state index >= 15 is 0 Å². The predicted octanol–water partition coefficient (Wildman–Crippen LogP) is 5.90. The lowest BCUT2D eigenvalue weighted by Gasteiger charge is -2.13. The van der Waals surface area contributed by atoms with Crippen LogP contribution in [-0.4, -0.2) is 0 Å². The number of rotatable bonds is 4. The first-order chi connectivity index (χ1) is 11.6. The molecule has 0 aliphatic rings. The number of fused-ring (bicyclic) bond motifs is 1. The number of allylic oxidation sites excluding steroid dienone is 1. The molecule has 1 aromatic heterocycles. The second-order valence-corrected chi connectivity index (χ2v) is 6.90. The second-order valence-electron chi connectivity index (χ2n) is 6.90. The number of pyridine rings is 1. The predicted molar refractivity (Wildman–Crippen MR) is 104 cm³/mol. The molecule has 3 rings (SSSR count). The zero-order valence-electron chi connectivity index (χ0n) is 15.0. The molecule has 1 nitrogen and oxygen atoms in total. The molecule has 3 aromatic rings. The first kappa shape index (κ1) is 16.4. The Hall–Kier alpha value is -2.41. The third-order valence-corrected chi connectivity index (χ3v) is 4.46. The van der Waals surface area contributed by atoms with Gasteiger partial charge in [0.25, 0.3) is 0 Å². The van der Waals surface area contributed by atoms with Gasteiger partial charge in [-0.1, -0.05) is 56.3 Å². The molecule has 0 bridgehead atoms. The molecule has 0 radical (unpaired) electrons. The fourth-order valence-electron chi connectivity index (χ4n) is 3.31. The smallest absolute Gasteiger partial charge is 0.190 e. The Balaban J connectivity index is 2.22. The van der Waals surface area contributed by atoms with Gasteiger partial charge in [0, 0.05) is 23.6 Å². The lowest BCUT2D eigenvalue weighted by molar-refractivity contribution is -0.693. The number of benzene rings is 2. The number of para-hydroxylation sites is 1. The maximum atomic E-state index is 2.43. The Morgan fingerprint density at radius 2 is 1.46 bits per heavy atom. The molecule has 1 heteroatoms. The van der Waals surface area contributed by atoms with Crippen molar-refractivity contribution in [1.29, 1.82) is 0 Å². The molecule has 2 aromatic carbocycles. The van der Waals surface area contributed by atoms with Crippen molar-refractivity contribution in [2.24, 2.45) is 5.92 Å². The highest BCUT2D eigenvalue weighted by Gasteiger charge is 2.18. The van der Waals surface area contributed by atoms with Gasteiger partial charge < -0.3 is 0 Å². The molecule has 0 fully saturated rings. The van der Waals surface area contributed by atoms with Crippen LogP contribution in [0.4, 0.5) is 0 Å². The van der Waals surface area contributed by atoms with Crippen molar-refractivity contribution in [3.63, 3.8) is 0 Å². The van der Waals surface area contributed by atoms with Crippen LogP contribution in [-0.2, 0) is 0 Å². The Kier molecular flexibility index (Phi) is 4.80. The minimum atomic E-state index is 0.409. The first-order valence-electron chi connectivity index (χ1n) is 8.78. The standard InChI is InChI=1S/C23H26N/c1-17(2)22(19-10-6-5-7-11-19)16-21-15-14-20-12-8-9-13-23(20)24(21)18(3)4/h5-18H,1-4H3/q+1/b22-16+. The Labute approximate surface area is 145 Å². The zero-order chi connectivity index (χ0) is 17.1. The normalized spacial score (nSPS) is 12.3. The van der Waals surface area contributed by atoms with Crippen LogP contribution < -0.4 is 4.57 Å². The Morgan fingerprint density at radius 3 is 2.12 bits per heavy atom. The summed E-state index contributed by atoms with van der Waals surface area (Å²) in [4.78, 5) is 0. The van der Waals surface area contributed by atoms with E-state index in [-0.39, 0.29) is 0 Å². The summed E-state index contributed by atoms with van der Waals surface area (Å²) in [5.41, 5.74) is 5.23. The highest BCUT2D eigenvalue weighted by Crippen LogP contribution is 2.26. The van der Waals surface area contributed by atoms with Gasteiger partial charge in [0.2, 0.25) is 11.2 Å². The molecule has 0 atom stereocenters. The maximum Gasteiger partial charge on any atom is 0.213 e. The highest BCUT2D eigenvalue weighted by atomic mass is 15.0. The van der Waals surface area contributed by atoms with Crippen LogP contribution in [0.15, 0.2) is 66.7 Å². The van der Waals surface area contributed by atoms with Crippen LogP contribution in [0, 0.1) is 5.92 Å². The highest BCUT2D eigenvalue weighted by molar-refractivity contribution is 5.82. The van der Waals surface area contributed by atoms with Gasteiger partial charge in [0.1, 0.15) is 0 Å². The average Bonchev–Trinajstić information content (AvgIpc) is 2.59. The average molecular weight is 316 g/mol. The van der Waals surface area contributed by atoms with Crippen LogP contribution in [0.2, 0.25) is 0 Å². The molecule has 0 aliphatic carbocycles. The summed E-state index contributed by atoms with van der Waals surface area (Å²) >= 11 is 0. The minimum absolute atomic E-state index is 0.409. The van der Waals surface area contributed by atoms with Crippen LogP contribution in [0.3, 0.4) is 0 Å². The molecule has 122 valence electrons. The summed E-state index contributed by atoms with van der Waals surface area (Å²) in [6.07, 6.45) is 2.35. The van der Waals surface area contributed by atoms with Gasteiger partial charge >= 0.3 is 0 Å². The quantitative estimate of drug-likeness (QED) is 0.527. The van der Waals surface area contributed by atoms with Crippen molar-refractivity contribution in [3.8, 4) is 0 Å². The molecule has 24 heavy (non-hydrogen) atoms. The third-order valence-electron chi connectivity index (χ3n) is 4.46. The number of aromatic nitrogens is 1. The minimum Gasteiger partial charge on any atom is -0.190 e. The SMILES string of the molecule is CC(C)/C(=C\c1ccc2ccccc2[n+]1C(C)C)c1ccccc1. The fourth-order valence-corrected chi connectivity index (χ4v) is 3.31. The monoisotopic (exact) mass is 316 g/mol. The van der Waals surface area contributed by atoms with E-state index in [1.165, 1.54) is 27.7 Å². The molecule has 0 unspecified atom stereocenters. The lowest BCUT2D eigenvalue weighted by Crippen LogP contribution is -2.40. The maximum absolute atomic E-state index is 2.43. The summed E-state index contributed by atoms with van der Waals surface area (Å²) in [6, 6.07) is 24.2. The van der Waals surface area contributed by atoms with Gasteiger partial charge in [-0.2, -0.15) is 4.57 Å². The summed E-state index contributed by atoms with van der Waals surface area (Å²) in [6.45, 7) is 9.03. The van der Waals surface area contributed by atoms with Crippen LogP contribution in [0.1, 0.15) is 45.0 Å². The Bertz CT molecular complexity index is 858. The van der Waals surface area contributed by atoms with Crippen molar-refractivity contribution >= 4 is 22.6 Å². The van der Waals surface area contributed by atoms with E-state index in [1.54, 1.807) is 0 Å². The van der Waals surface area contributed by atoms with E-state index in [2.05, 4.69) is 105 Å². The molecule has 0 N–H and O–H groups in total. The van der Waals surface area contributed by atoms with E-state index in [4.69, 9.17) is 0 Å². The zero-order valence-corrected chi connectivity index (χ0v) is 15.0. The summed E-state index contributed by atoms with van der Waals surface area (Å²) in [7, 11) is 0. The van der Waals surface area contributed by atoms with E-state index in [9.17, 15) is 0 Å². The van der Waals surface area contributed by atoms with Crippen LogP contribution in [0.5, 0.6) is 0 Å². The third kappa shape index (κ3) is 3.26. The largest absolute Gasteiger partial charge is 0.213 e. The summed E-state index contributed by atoms with van der Waals surface area (Å²) in [5.74, 6) is 0.472. The van der Waals surface area contributed by atoms with E-state index in [0.717, 1.165) is 0 Å². The first-order valence-corrected chi connectivity index (χ1v) is 8.78. The topological polar surface area (TPSA) is 3.88 Å². The molecular formula is C23H26N+. The van der Waals surface area contributed by atoms with E-state index < -0.39 is 0 Å². The second kappa shape index (κ2) is 7.00. The van der Waals surface area contributed by atoms with Gasteiger partial charge in [-0.3, -0.25) is 0 Å². The van der Waals surface area contributed by atoms with Gasteiger partial charge in [-0.25, -0.2) is 0 Å². The molecule has 0 spiro atoms. The van der Waals surface area contributed by atoms with Crippen molar-refractivity contribution in [2.45, 2.75) is 33.7 Å². The van der Waals surface area contributed by atoms with Gasteiger partial charge in [0.05, 0.1) is 0 Å². The molecule has 0 amide bonds. The van der Waals surface area contributed by atoms with Crippen molar-refractivity contribution in [2.75, 3.05) is 0 Å². The van der Waals surface area contributed by atoms with Gasteiger partial charge in [-0.05, 0) is 43.0 Å². The van der Waals surface area contributed by atoms with Crippen molar-refractivity contribution < 1.29 is 4.57 Å². The van der Waals surface area contributed by atoms with Gasteiger partial charge in [0.15, 0.2) is 6.04 Å². The van der Waals surface area contributed by atoms with Crippen molar-refractivity contribution in [3.05, 3.63) is 78.0 Å². The summed E-state index contributed by atoms with van der Waals surface area (Å²) < 4.78 is 2.43. The number of nitrogens with zero attached hydrogens (tertiary/aromatic N) is 1. The van der Waals surface area contributed by atoms with E-state index in [1.807, 2.05) is 0 Å². The van der Waals surface area contributed by atoms with Crippen LogP contribution >= 0.6 is 0 Å². The molecule has 0 aliphatic heterocycles. The molecule has 1 heterocycles. The van der Waals surface area contributed by atoms with Gasteiger partial charge in [-0.15, -0.1) is 0 Å². The van der Waals surface area contributed by atoms with E-state index in [0.29, 0.717) is 12.0 Å². The fraction of sp³-hybridized carbons (Fsp3) is 0.261. The van der Waals surface area contributed by atoms with Crippen molar-refractivity contribution in [1.82, 2.24) is 0 Å². The molecule has 0 saturated heterocycles. The van der Waals surface area contributed by atoms with Crippen LogP contribution in [0.25, 0.3) is 22.6 Å². The Morgan fingerprint density at radius 1 is 0.792 bits per heavy atom. The lowest BCUT2D eigenvalue weighted by atomic mass is 9.94. The molecular weight excluding hydrogens is 290 g/mol. The number of hydrogen-bond donors (Lipinski definition) is 0.